The van der Waals surface area contributed by atoms with Gasteiger partial charge in [0.2, 0.25) is 0 Å². The Morgan fingerprint density at radius 1 is 0.688 bits per heavy atom. The molecule has 16 heavy (non-hydrogen) atoms. The van der Waals surface area contributed by atoms with Gasteiger partial charge in [-0.2, -0.15) is 0 Å². The van der Waals surface area contributed by atoms with Crippen LogP contribution in [0.5, 0.6) is 0 Å². The smallest absolute Gasteiger partial charge is 0.0187 e. The molecule has 0 amide bonds. The number of allylic oxidation sites excluding steroid dienone is 2. The van der Waals surface area contributed by atoms with Crippen LogP contribution >= 0.6 is 0 Å². The van der Waals surface area contributed by atoms with Gasteiger partial charge < -0.3 is 0 Å². The summed E-state index contributed by atoms with van der Waals surface area (Å²) < 4.78 is 0. The van der Waals surface area contributed by atoms with Gasteiger partial charge >= 0.3 is 0 Å². The summed E-state index contributed by atoms with van der Waals surface area (Å²) in [6.07, 6.45) is 8.36. The van der Waals surface area contributed by atoms with Gasteiger partial charge in [0.1, 0.15) is 0 Å². The Labute approximate surface area is 102 Å². The second-order valence-corrected chi connectivity index (χ2v) is 2.63. The Kier molecular flexibility index (Phi) is 14.6. The highest BCUT2D eigenvalue weighted by Gasteiger charge is 1.91. The molecule has 0 atom stereocenters. The van der Waals surface area contributed by atoms with Gasteiger partial charge in [0.15, 0.2) is 0 Å². The van der Waals surface area contributed by atoms with E-state index in [9.17, 15) is 0 Å². The van der Waals surface area contributed by atoms with E-state index in [0.29, 0.717) is 0 Å². The Morgan fingerprint density at radius 3 is 1.25 bits per heavy atom. The Hall–Kier alpha value is -1.30. The molecule has 1 aromatic rings. The molecule has 0 nitrogen and oxygen atoms in total. The molecule has 0 saturated carbocycles. The quantitative estimate of drug-likeness (QED) is 0.588. The normalized spacial score (nSPS) is 9.38. The van der Waals surface area contributed by atoms with Gasteiger partial charge in [0.25, 0.3) is 0 Å². The van der Waals surface area contributed by atoms with Crippen molar-refractivity contribution in [3.8, 4) is 0 Å². The van der Waals surface area contributed by atoms with E-state index in [0.717, 1.165) is 0 Å². The van der Waals surface area contributed by atoms with Gasteiger partial charge in [-0.05, 0) is 25.0 Å². The molecule has 0 heterocycles. The molecular formula is C16H26. The Morgan fingerprint density at radius 2 is 1.00 bits per heavy atom. The molecule has 0 N–H and O–H groups in total. The minimum atomic E-state index is 1.28. The molecule has 1 rings (SSSR count). The van der Waals surface area contributed by atoms with Crippen molar-refractivity contribution in [2.24, 2.45) is 0 Å². The van der Waals surface area contributed by atoms with Crippen LogP contribution in [-0.4, -0.2) is 0 Å². The average Bonchev–Trinajstić information content (AvgIpc) is 2.37. The number of hydrogen-bond donors (Lipinski definition) is 0. The van der Waals surface area contributed by atoms with Crippen molar-refractivity contribution in [3.05, 3.63) is 47.5 Å². The molecule has 0 aromatic heterocycles. The van der Waals surface area contributed by atoms with Crippen molar-refractivity contribution >= 4 is 12.2 Å². The lowest BCUT2D eigenvalue weighted by molar-refractivity contribution is 1.50. The molecule has 0 saturated heterocycles. The third kappa shape index (κ3) is 7.05. The number of hydrogen-bond acceptors (Lipinski definition) is 0. The standard InChI is InChI=1S/C12H14.2C2H6/c1-3-7-11-9-5-6-10-12(11)8-4-2;2*1-2/h3-10H,1-2H3;2*1-2H3/b7-3-,8-4-;;. The first-order valence-electron chi connectivity index (χ1n) is 6.23. The van der Waals surface area contributed by atoms with Crippen molar-refractivity contribution in [1.82, 2.24) is 0 Å². The van der Waals surface area contributed by atoms with E-state index in [1.807, 2.05) is 41.5 Å². The minimum Gasteiger partial charge on any atom is -0.0870 e. The SMILES string of the molecule is C/C=C\c1ccccc1/C=C\C.CC.CC. The molecule has 90 valence electrons. The van der Waals surface area contributed by atoms with Gasteiger partial charge in [-0.3, -0.25) is 0 Å². The van der Waals surface area contributed by atoms with Crippen LogP contribution in [0.15, 0.2) is 36.4 Å². The largest absolute Gasteiger partial charge is 0.0870 e. The Bertz CT molecular complexity index is 262. The fourth-order valence-corrected chi connectivity index (χ4v) is 1.17. The molecule has 1 aromatic carbocycles. The summed E-state index contributed by atoms with van der Waals surface area (Å²) in [5.41, 5.74) is 2.55. The molecule has 0 aliphatic carbocycles. The van der Waals surface area contributed by atoms with Crippen LogP contribution in [0.3, 0.4) is 0 Å². The van der Waals surface area contributed by atoms with E-state index in [1.54, 1.807) is 0 Å². The summed E-state index contributed by atoms with van der Waals surface area (Å²) in [4.78, 5) is 0. The second kappa shape index (κ2) is 13.7. The van der Waals surface area contributed by atoms with Gasteiger partial charge in [0.05, 0.1) is 0 Å². The van der Waals surface area contributed by atoms with Gasteiger partial charge in [-0.25, -0.2) is 0 Å². The first kappa shape index (κ1) is 17.1. The van der Waals surface area contributed by atoms with Crippen LogP contribution in [0.4, 0.5) is 0 Å². The predicted octanol–water partition coefficient (Wildman–Crippen LogP) is 5.81. The third-order valence-corrected chi connectivity index (χ3v) is 1.69. The fraction of sp³-hybridized carbons (Fsp3) is 0.375. The number of benzene rings is 1. The van der Waals surface area contributed by atoms with Gasteiger partial charge in [0, 0.05) is 0 Å². The maximum Gasteiger partial charge on any atom is -0.0187 e. The highest BCUT2D eigenvalue weighted by molar-refractivity contribution is 5.64. The summed E-state index contributed by atoms with van der Waals surface area (Å²) >= 11 is 0. The molecule has 0 aliphatic rings. The minimum absolute atomic E-state index is 1.28. The van der Waals surface area contributed by atoms with Gasteiger partial charge in [-0.1, -0.05) is 76.3 Å². The molecule has 0 fully saturated rings. The van der Waals surface area contributed by atoms with Crippen LogP contribution in [0.25, 0.3) is 12.2 Å². The van der Waals surface area contributed by atoms with Crippen LogP contribution < -0.4 is 0 Å². The van der Waals surface area contributed by atoms with Gasteiger partial charge in [-0.15, -0.1) is 0 Å². The van der Waals surface area contributed by atoms with E-state index in [4.69, 9.17) is 0 Å². The van der Waals surface area contributed by atoms with Crippen molar-refractivity contribution < 1.29 is 0 Å². The van der Waals surface area contributed by atoms with Crippen molar-refractivity contribution in [2.75, 3.05) is 0 Å². The molecule has 0 bridgehead atoms. The van der Waals surface area contributed by atoms with Crippen molar-refractivity contribution in [3.63, 3.8) is 0 Å². The van der Waals surface area contributed by atoms with Crippen LogP contribution in [0.1, 0.15) is 52.7 Å². The van der Waals surface area contributed by atoms with Crippen LogP contribution in [0, 0.1) is 0 Å². The maximum absolute atomic E-state index is 2.12. The summed E-state index contributed by atoms with van der Waals surface area (Å²) in [5, 5.41) is 0. The van der Waals surface area contributed by atoms with E-state index in [-0.39, 0.29) is 0 Å². The summed E-state index contributed by atoms with van der Waals surface area (Å²) in [7, 11) is 0. The maximum atomic E-state index is 2.12. The zero-order valence-electron chi connectivity index (χ0n) is 11.6. The molecule has 0 spiro atoms. The zero-order valence-corrected chi connectivity index (χ0v) is 11.6. The molecule has 0 aliphatic heterocycles. The summed E-state index contributed by atoms with van der Waals surface area (Å²) in [5.74, 6) is 0. The predicted molar refractivity (Wildman–Crippen MR) is 78.6 cm³/mol. The lowest BCUT2D eigenvalue weighted by Crippen LogP contribution is -1.77. The van der Waals surface area contributed by atoms with Crippen LogP contribution in [-0.2, 0) is 0 Å². The molecule has 0 heteroatoms. The fourth-order valence-electron chi connectivity index (χ4n) is 1.17. The number of rotatable bonds is 2. The summed E-state index contributed by atoms with van der Waals surface area (Å²) in [6.45, 7) is 12.1. The van der Waals surface area contributed by atoms with Crippen molar-refractivity contribution in [2.45, 2.75) is 41.5 Å². The summed E-state index contributed by atoms with van der Waals surface area (Å²) in [6, 6.07) is 8.36. The topological polar surface area (TPSA) is 0 Å². The third-order valence-electron chi connectivity index (χ3n) is 1.69. The lowest BCUT2D eigenvalue weighted by Gasteiger charge is -1.98. The first-order valence-corrected chi connectivity index (χ1v) is 6.23. The van der Waals surface area contributed by atoms with E-state index >= 15 is 0 Å². The zero-order chi connectivity index (χ0) is 12.8. The van der Waals surface area contributed by atoms with Crippen LogP contribution in [0.2, 0.25) is 0 Å². The highest BCUT2D eigenvalue weighted by Crippen LogP contribution is 2.12. The average molecular weight is 218 g/mol. The van der Waals surface area contributed by atoms with E-state index in [2.05, 4.69) is 48.6 Å². The monoisotopic (exact) mass is 218 g/mol. The van der Waals surface area contributed by atoms with E-state index < -0.39 is 0 Å². The molecular weight excluding hydrogens is 192 g/mol. The lowest BCUT2D eigenvalue weighted by atomic mass is 10.1. The first-order chi connectivity index (χ1) is 7.88. The Balaban J connectivity index is 0. The second-order valence-electron chi connectivity index (χ2n) is 2.63. The highest BCUT2D eigenvalue weighted by atomic mass is 14.0. The molecule has 0 unspecified atom stereocenters. The van der Waals surface area contributed by atoms with Crippen molar-refractivity contribution in [1.29, 1.82) is 0 Å². The molecule has 0 radical (unpaired) electrons. The van der Waals surface area contributed by atoms with E-state index in [1.165, 1.54) is 11.1 Å².